The second kappa shape index (κ2) is 11.3. The van der Waals surface area contributed by atoms with E-state index in [1.54, 1.807) is 0 Å². The molecule has 0 saturated carbocycles. The van der Waals surface area contributed by atoms with Crippen molar-refractivity contribution in [1.29, 1.82) is 0 Å². The lowest BCUT2D eigenvalue weighted by Crippen LogP contribution is -2.36. The van der Waals surface area contributed by atoms with Gasteiger partial charge in [-0.25, -0.2) is 4.79 Å². The van der Waals surface area contributed by atoms with E-state index in [1.807, 2.05) is 17.5 Å². The van der Waals surface area contributed by atoms with Crippen LogP contribution in [0.2, 0.25) is 0 Å². The van der Waals surface area contributed by atoms with Crippen molar-refractivity contribution in [3.05, 3.63) is 23.6 Å². The molecule has 32 heavy (non-hydrogen) atoms. The Balaban J connectivity index is 1.23. The predicted octanol–water partition coefficient (Wildman–Crippen LogP) is 2.90. The number of anilines is 4. The average molecular weight is 459 g/mol. The summed E-state index contributed by atoms with van der Waals surface area (Å²) in [4.78, 5) is 28.4. The molecule has 2 aromatic rings. The van der Waals surface area contributed by atoms with Crippen molar-refractivity contribution >= 4 is 40.0 Å². The molecule has 2 saturated heterocycles. The van der Waals surface area contributed by atoms with Gasteiger partial charge in [0.1, 0.15) is 11.6 Å². The van der Waals surface area contributed by atoms with Gasteiger partial charge in [-0.05, 0) is 50.2 Å². The monoisotopic (exact) mass is 458 g/mol. The van der Waals surface area contributed by atoms with Crippen LogP contribution >= 0.6 is 11.3 Å². The number of carbonyl (C=O) groups excluding carboxylic acids is 1. The number of rotatable bonds is 10. The lowest BCUT2D eigenvalue weighted by molar-refractivity contribution is 0.250. The first-order valence-electron chi connectivity index (χ1n) is 11.6. The van der Waals surface area contributed by atoms with E-state index in [-0.39, 0.29) is 6.03 Å². The second-order valence-corrected chi connectivity index (χ2v) is 9.34. The molecule has 10 heteroatoms. The molecule has 2 amide bonds. The number of carbonyl (C=O) groups is 1. The van der Waals surface area contributed by atoms with Crippen LogP contribution in [0.25, 0.3) is 0 Å². The van der Waals surface area contributed by atoms with Gasteiger partial charge in [0, 0.05) is 58.4 Å². The number of nitrogens with zero attached hydrogens (tertiary/aromatic N) is 5. The van der Waals surface area contributed by atoms with Crippen LogP contribution in [0.4, 0.5) is 27.4 Å². The van der Waals surface area contributed by atoms with Gasteiger partial charge in [0.25, 0.3) is 0 Å². The topological polar surface area (TPSA) is 88.7 Å². The Morgan fingerprint density at radius 1 is 1.06 bits per heavy atom. The molecule has 9 nitrogen and oxygen atoms in total. The van der Waals surface area contributed by atoms with Crippen molar-refractivity contribution in [1.82, 2.24) is 20.2 Å². The lowest BCUT2D eigenvalue weighted by Gasteiger charge is -2.22. The van der Waals surface area contributed by atoms with Crippen LogP contribution < -0.4 is 25.8 Å². The minimum Gasteiger partial charge on any atom is -0.369 e. The third-order valence-corrected chi connectivity index (χ3v) is 6.64. The number of amides is 2. The molecule has 0 bridgehead atoms. The highest BCUT2D eigenvalue weighted by Gasteiger charge is 2.20. The summed E-state index contributed by atoms with van der Waals surface area (Å²) in [5, 5.41) is 12.0. The lowest BCUT2D eigenvalue weighted by atomic mass is 10.4. The maximum absolute atomic E-state index is 11.9. The summed E-state index contributed by atoms with van der Waals surface area (Å²) in [6, 6.07) is 5.73. The maximum Gasteiger partial charge on any atom is 0.319 e. The van der Waals surface area contributed by atoms with Gasteiger partial charge in [-0.1, -0.05) is 0 Å². The van der Waals surface area contributed by atoms with E-state index >= 15 is 0 Å². The molecule has 4 rings (SSSR count). The normalized spacial score (nSPS) is 16.1. The first-order valence-corrected chi connectivity index (χ1v) is 12.4. The highest BCUT2D eigenvalue weighted by Crippen LogP contribution is 2.25. The number of hydrogen-bond acceptors (Lipinski definition) is 8. The average Bonchev–Trinajstić information content (AvgIpc) is 3.57. The summed E-state index contributed by atoms with van der Waals surface area (Å²) in [7, 11) is 2.06. The van der Waals surface area contributed by atoms with E-state index in [0.29, 0.717) is 6.54 Å². The molecule has 3 N–H and O–H groups in total. The quantitative estimate of drug-likeness (QED) is 0.504. The minimum absolute atomic E-state index is 0.163. The molecule has 0 unspecified atom stereocenters. The van der Waals surface area contributed by atoms with Gasteiger partial charge in [0.2, 0.25) is 5.95 Å². The Kier molecular flexibility index (Phi) is 8.00. The number of hydrogen-bond donors (Lipinski definition) is 3. The van der Waals surface area contributed by atoms with Crippen LogP contribution in [0.5, 0.6) is 0 Å². The van der Waals surface area contributed by atoms with Crippen molar-refractivity contribution in [2.24, 2.45) is 0 Å². The van der Waals surface area contributed by atoms with Crippen molar-refractivity contribution in [2.45, 2.75) is 25.7 Å². The number of thiophene rings is 1. The van der Waals surface area contributed by atoms with Gasteiger partial charge in [-0.3, -0.25) is 5.32 Å². The molecule has 2 fully saturated rings. The molecule has 2 aliphatic rings. The zero-order valence-corrected chi connectivity index (χ0v) is 19.7. The summed E-state index contributed by atoms with van der Waals surface area (Å²) in [5.41, 5.74) is 0. The minimum atomic E-state index is -0.163. The van der Waals surface area contributed by atoms with Crippen LogP contribution in [-0.2, 0) is 0 Å². The van der Waals surface area contributed by atoms with Gasteiger partial charge in [0.15, 0.2) is 0 Å². The Morgan fingerprint density at radius 3 is 2.50 bits per heavy atom. The number of aromatic nitrogens is 2. The van der Waals surface area contributed by atoms with E-state index < -0.39 is 0 Å². The van der Waals surface area contributed by atoms with Crippen molar-refractivity contribution in [3.8, 4) is 0 Å². The molecule has 0 radical (unpaired) electrons. The maximum atomic E-state index is 11.9. The van der Waals surface area contributed by atoms with Crippen LogP contribution in [0.3, 0.4) is 0 Å². The largest absolute Gasteiger partial charge is 0.369 e. The third kappa shape index (κ3) is 6.46. The molecule has 174 valence electrons. The summed E-state index contributed by atoms with van der Waals surface area (Å²) >= 11 is 1.51. The zero-order valence-electron chi connectivity index (χ0n) is 18.8. The Morgan fingerprint density at radius 2 is 1.78 bits per heavy atom. The summed E-state index contributed by atoms with van der Waals surface area (Å²) in [5.74, 6) is 2.78. The van der Waals surface area contributed by atoms with Crippen molar-refractivity contribution in [3.63, 3.8) is 0 Å². The van der Waals surface area contributed by atoms with Crippen LogP contribution in [0.1, 0.15) is 25.7 Å². The Labute approximate surface area is 194 Å². The van der Waals surface area contributed by atoms with E-state index in [0.717, 1.165) is 68.4 Å². The first-order chi connectivity index (χ1) is 15.7. The van der Waals surface area contributed by atoms with Crippen molar-refractivity contribution < 1.29 is 4.79 Å². The molecular formula is C22H34N8OS. The zero-order chi connectivity index (χ0) is 22.2. The first kappa shape index (κ1) is 22.6. The van der Waals surface area contributed by atoms with Crippen molar-refractivity contribution in [2.75, 3.05) is 79.8 Å². The molecule has 4 heterocycles. The van der Waals surface area contributed by atoms with Crippen LogP contribution in [0, 0.1) is 0 Å². The molecular weight excluding hydrogens is 424 g/mol. The fraction of sp³-hybridized carbons (Fsp3) is 0.591. The SMILES string of the molecule is CN(CCNC(=O)Nc1cccs1)CCNc1cc(N2CCCC2)nc(N2CCCC2)n1. The highest BCUT2D eigenvalue weighted by atomic mass is 32.1. The van der Waals surface area contributed by atoms with Gasteiger partial charge in [-0.2, -0.15) is 9.97 Å². The molecule has 0 aromatic carbocycles. The van der Waals surface area contributed by atoms with E-state index in [1.165, 1.54) is 37.0 Å². The Hall–Kier alpha value is -2.59. The van der Waals surface area contributed by atoms with Gasteiger partial charge in [-0.15, -0.1) is 11.3 Å². The summed E-state index contributed by atoms with van der Waals surface area (Å²) in [6.45, 7) is 7.25. The molecule has 2 aromatic heterocycles. The standard InChI is InChI=1S/C22H34N8OS/c1-28(15-9-24-22(31)27-20-7-6-16-32-20)14-8-23-18-17-19(29-10-2-3-11-29)26-21(25-18)30-12-4-5-13-30/h6-7,16-17H,2-5,8-15H2,1H3,(H,23,25,26)(H2,24,27,31). The predicted molar refractivity (Wildman–Crippen MR) is 132 cm³/mol. The molecule has 2 aliphatic heterocycles. The Bertz CT molecular complexity index is 815. The van der Waals surface area contributed by atoms with E-state index in [9.17, 15) is 4.79 Å². The number of urea groups is 1. The summed E-state index contributed by atoms with van der Waals surface area (Å²) < 4.78 is 0. The molecule has 0 spiro atoms. The number of nitrogens with one attached hydrogen (secondary N) is 3. The van der Waals surface area contributed by atoms with E-state index in [2.05, 4.69) is 43.8 Å². The number of likely N-dealkylation sites (N-methyl/N-ethyl adjacent to an activating group) is 1. The fourth-order valence-electron chi connectivity index (χ4n) is 4.03. The third-order valence-electron chi connectivity index (χ3n) is 5.86. The van der Waals surface area contributed by atoms with Gasteiger partial charge >= 0.3 is 6.03 Å². The molecule has 0 aliphatic carbocycles. The van der Waals surface area contributed by atoms with E-state index in [4.69, 9.17) is 9.97 Å². The molecule has 0 atom stereocenters. The fourth-order valence-corrected chi connectivity index (χ4v) is 4.64. The highest BCUT2D eigenvalue weighted by molar-refractivity contribution is 7.14. The van der Waals surface area contributed by atoms with Gasteiger partial charge < -0.3 is 25.3 Å². The second-order valence-electron chi connectivity index (χ2n) is 8.39. The summed E-state index contributed by atoms with van der Waals surface area (Å²) in [6.07, 6.45) is 4.89. The van der Waals surface area contributed by atoms with Crippen LogP contribution in [-0.4, -0.2) is 80.3 Å². The van der Waals surface area contributed by atoms with Gasteiger partial charge in [0.05, 0.1) is 5.00 Å². The smallest absolute Gasteiger partial charge is 0.319 e. The van der Waals surface area contributed by atoms with Crippen LogP contribution in [0.15, 0.2) is 23.6 Å².